The molecule has 0 radical (unpaired) electrons. The van der Waals surface area contributed by atoms with Gasteiger partial charge in [-0.25, -0.2) is 0 Å². The smallest absolute Gasteiger partial charge is 0.297 e. The van der Waals surface area contributed by atoms with E-state index in [-0.39, 0.29) is 18.1 Å². The Hall–Kier alpha value is -1.76. The summed E-state index contributed by atoms with van der Waals surface area (Å²) in [6, 6.07) is 11.4. The molecule has 0 aliphatic heterocycles. The summed E-state index contributed by atoms with van der Waals surface area (Å²) >= 11 is 0. The van der Waals surface area contributed by atoms with Crippen LogP contribution in [0.5, 0.6) is 0 Å². The monoisotopic (exact) mass is 293 g/mol. The number of hydrogen-bond acceptors (Lipinski definition) is 5. The topological polar surface area (TPSA) is 76.5 Å². The molecule has 20 heavy (non-hydrogen) atoms. The lowest BCUT2D eigenvalue weighted by Crippen LogP contribution is -2.08. The third kappa shape index (κ3) is 3.63. The van der Waals surface area contributed by atoms with E-state index in [4.69, 9.17) is 9.29 Å². The SMILES string of the molecule is Cc1ccc(S(=O)(=O)OCc2cccc(CO)n2)cc1. The Labute approximate surface area is 118 Å². The highest BCUT2D eigenvalue weighted by Crippen LogP contribution is 2.15. The van der Waals surface area contributed by atoms with Crippen molar-refractivity contribution in [3.63, 3.8) is 0 Å². The van der Waals surface area contributed by atoms with Gasteiger partial charge in [0, 0.05) is 0 Å². The maximum atomic E-state index is 12.0. The molecule has 5 nitrogen and oxygen atoms in total. The van der Waals surface area contributed by atoms with E-state index in [1.807, 2.05) is 6.92 Å². The molecule has 0 atom stereocenters. The predicted octanol–water partition coefficient (Wildman–Crippen LogP) is 1.79. The van der Waals surface area contributed by atoms with E-state index in [0.29, 0.717) is 11.4 Å². The van der Waals surface area contributed by atoms with Crippen LogP contribution in [0.15, 0.2) is 47.4 Å². The number of benzene rings is 1. The molecular formula is C14H15NO4S. The van der Waals surface area contributed by atoms with Gasteiger partial charge in [0.15, 0.2) is 0 Å². The molecule has 2 aromatic rings. The van der Waals surface area contributed by atoms with Gasteiger partial charge in [0.05, 0.1) is 22.9 Å². The van der Waals surface area contributed by atoms with E-state index < -0.39 is 10.1 Å². The Kier molecular flexibility index (Phi) is 4.49. The molecule has 1 N–H and O–H groups in total. The third-order valence-corrected chi connectivity index (χ3v) is 3.98. The highest BCUT2D eigenvalue weighted by Gasteiger charge is 2.15. The van der Waals surface area contributed by atoms with Gasteiger partial charge in [-0.05, 0) is 31.2 Å². The summed E-state index contributed by atoms with van der Waals surface area (Å²) in [5.74, 6) is 0. The first-order valence-corrected chi connectivity index (χ1v) is 7.44. The van der Waals surface area contributed by atoms with Crippen LogP contribution in [-0.4, -0.2) is 18.5 Å². The quantitative estimate of drug-likeness (QED) is 0.850. The molecule has 0 fully saturated rings. The van der Waals surface area contributed by atoms with Crippen LogP contribution in [0.4, 0.5) is 0 Å². The lowest BCUT2D eigenvalue weighted by atomic mass is 10.2. The molecular weight excluding hydrogens is 278 g/mol. The Morgan fingerprint density at radius 1 is 1.10 bits per heavy atom. The number of rotatable bonds is 5. The minimum atomic E-state index is -3.80. The van der Waals surface area contributed by atoms with Gasteiger partial charge >= 0.3 is 0 Å². The standard InChI is InChI=1S/C14H15NO4S/c1-11-5-7-14(8-6-11)20(17,18)19-10-13-4-2-3-12(9-16)15-13/h2-8,16H,9-10H2,1H3. The zero-order valence-electron chi connectivity index (χ0n) is 11.0. The zero-order chi connectivity index (χ0) is 14.6. The first-order valence-electron chi connectivity index (χ1n) is 6.03. The number of pyridine rings is 1. The number of hydrogen-bond donors (Lipinski definition) is 1. The number of aliphatic hydroxyl groups is 1. The van der Waals surface area contributed by atoms with E-state index in [9.17, 15) is 8.42 Å². The molecule has 1 aromatic heterocycles. The summed E-state index contributed by atoms with van der Waals surface area (Å²) in [4.78, 5) is 4.18. The molecule has 1 heterocycles. The maximum absolute atomic E-state index is 12.0. The Bertz CT molecular complexity index is 681. The molecule has 0 unspecified atom stereocenters. The van der Waals surface area contributed by atoms with E-state index in [2.05, 4.69) is 4.98 Å². The zero-order valence-corrected chi connectivity index (χ0v) is 11.8. The van der Waals surface area contributed by atoms with E-state index in [1.54, 1.807) is 30.3 Å². The van der Waals surface area contributed by atoms with Crippen LogP contribution in [0.1, 0.15) is 17.0 Å². The summed E-state index contributed by atoms with van der Waals surface area (Å²) < 4.78 is 28.9. The van der Waals surface area contributed by atoms with E-state index >= 15 is 0 Å². The van der Waals surface area contributed by atoms with Gasteiger partial charge < -0.3 is 5.11 Å². The van der Waals surface area contributed by atoms with Crippen LogP contribution in [0.2, 0.25) is 0 Å². The molecule has 2 rings (SSSR count). The molecule has 0 aliphatic rings. The van der Waals surface area contributed by atoms with Crippen LogP contribution >= 0.6 is 0 Å². The van der Waals surface area contributed by atoms with Gasteiger partial charge in [-0.1, -0.05) is 23.8 Å². The lowest BCUT2D eigenvalue weighted by molar-refractivity contribution is 0.273. The van der Waals surface area contributed by atoms with Crippen molar-refractivity contribution in [1.82, 2.24) is 4.98 Å². The van der Waals surface area contributed by atoms with Crippen LogP contribution in [0, 0.1) is 6.92 Å². The summed E-state index contributed by atoms with van der Waals surface area (Å²) in [7, 11) is -3.80. The van der Waals surface area contributed by atoms with Crippen molar-refractivity contribution in [2.45, 2.75) is 25.0 Å². The number of aryl methyl sites for hydroxylation is 1. The van der Waals surface area contributed by atoms with Crippen LogP contribution in [0.25, 0.3) is 0 Å². The molecule has 6 heteroatoms. The first kappa shape index (κ1) is 14.6. The second-order valence-electron chi connectivity index (χ2n) is 4.31. The maximum Gasteiger partial charge on any atom is 0.297 e. The van der Waals surface area contributed by atoms with Gasteiger partial charge in [0.25, 0.3) is 10.1 Å². The van der Waals surface area contributed by atoms with Gasteiger partial charge in [-0.15, -0.1) is 0 Å². The summed E-state index contributed by atoms with van der Waals surface area (Å²) in [6.45, 7) is 1.52. The Morgan fingerprint density at radius 2 is 1.75 bits per heavy atom. The first-order chi connectivity index (χ1) is 9.51. The molecule has 106 valence electrons. The van der Waals surface area contributed by atoms with Crippen molar-refractivity contribution in [3.8, 4) is 0 Å². The molecule has 0 saturated carbocycles. The number of aliphatic hydroxyl groups excluding tert-OH is 1. The van der Waals surface area contributed by atoms with E-state index in [0.717, 1.165) is 5.56 Å². The molecule has 0 aliphatic carbocycles. The fourth-order valence-corrected chi connectivity index (χ4v) is 2.49. The van der Waals surface area contributed by atoms with Crippen LogP contribution in [0.3, 0.4) is 0 Å². The highest BCUT2D eigenvalue weighted by atomic mass is 32.2. The van der Waals surface area contributed by atoms with Crippen molar-refractivity contribution < 1.29 is 17.7 Å². The van der Waals surface area contributed by atoms with Crippen molar-refractivity contribution in [2.24, 2.45) is 0 Å². The Balaban J connectivity index is 2.10. The fourth-order valence-electron chi connectivity index (χ4n) is 1.61. The minimum absolute atomic E-state index is 0.112. The van der Waals surface area contributed by atoms with Crippen LogP contribution < -0.4 is 0 Å². The molecule has 1 aromatic carbocycles. The van der Waals surface area contributed by atoms with Crippen molar-refractivity contribution in [2.75, 3.05) is 0 Å². The normalized spacial score (nSPS) is 11.5. The molecule has 0 spiro atoms. The van der Waals surface area contributed by atoms with Gasteiger partial charge in [-0.2, -0.15) is 8.42 Å². The van der Waals surface area contributed by atoms with Crippen molar-refractivity contribution in [3.05, 3.63) is 59.4 Å². The highest BCUT2D eigenvalue weighted by molar-refractivity contribution is 7.86. The predicted molar refractivity (Wildman–Crippen MR) is 73.3 cm³/mol. The number of aromatic nitrogens is 1. The van der Waals surface area contributed by atoms with Crippen molar-refractivity contribution in [1.29, 1.82) is 0 Å². The fraction of sp³-hybridized carbons (Fsp3) is 0.214. The van der Waals surface area contributed by atoms with Gasteiger partial charge in [-0.3, -0.25) is 9.17 Å². The largest absolute Gasteiger partial charge is 0.390 e. The summed E-state index contributed by atoms with van der Waals surface area (Å²) in [5.41, 5.74) is 1.90. The third-order valence-electron chi connectivity index (χ3n) is 2.70. The lowest BCUT2D eigenvalue weighted by Gasteiger charge is -2.06. The van der Waals surface area contributed by atoms with Gasteiger partial charge in [0.2, 0.25) is 0 Å². The van der Waals surface area contributed by atoms with Gasteiger partial charge in [0.1, 0.15) is 6.61 Å². The average Bonchev–Trinajstić information content (AvgIpc) is 2.46. The number of nitrogens with zero attached hydrogens (tertiary/aromatic N) is 1. The molecule has 0 saturated heterocycles. The van der Waals surface area contributed by atoms with Crippen molar-refractivity contribution >= 4 is 10.1 Å². The minimum Gasteiger partial charge on any atom is -0.390 e. The second-order valence-corrected chi connectivity index (χ2v) is 5.92. The summed E-state index contributed by atoms with van der Waals surface area (Å²) in [5, 5.41) is 8.97. The average molecular weight is 293 g/mol. The second kappa shape index (κ2) is 6.13. The molecule has 0 bridgehead atoms. The summed E-state index contributed by atoms with van der Waals surface area (Å²) in [6.07, 6.45) is 0. The Morgan fingerprint density at radius 3 is 2.40 bits per heavy atom. The van der Waals surface area contributed by atoms with E-state index in [1.165, 1.54) is 12.1 Å². The van der Waals surface area contributed by atoms with Crippen LogP contribution in [-0.2, 0) is 27.5 Å². The molecule has 0 amide bonds.